The first kappa shape index (κ1) is 21.9. The number of esters is 2. The summed E-state index contributed by atoms with van der Waals surface area (Å²) in [5, 5.41) is 0. The topological polar surface area (TPSA) is 52.6 Å². The summed E-state index contributed by atoms with van der Waals surface area (Å²) in [6.45, 7) is 20.9. The maximum absolute atomic E-state index is 12.7. The fourth-order valence-corrected chi connectivity index (χ4v) is 2.12. The van der Waals surface area contributed by atoms with Gasteiger partial charge in [-0.25, -0.2) is 4.79 Å². The van der Waals surface area contributed by atoms with Crippen molar-refractivity contribution < 1.29 is 19.1 Å². The van der Waals surface area contributed by atoms with E-state index in [1.807, 2.05) is 20.8 Å². The second kappa shape index (κ2) is 6.82. The average Bonchev–Trinajstić information content (AvgIpc) is 2.19. The van der Waals surface area contributed by atoms with Gasteiger partial charge in [-0.1, -0.05) is 41.5 Å². The molecule has 136 valence electrons. The predicted octanol–water partition coefficient (Wildman–Crippen LogP) is 4.75. The predicted molar refractivity (Wildman–Crippen MR) is 93.0 cm³/mol. The van der Waals surface area contributed by atoms with E-state index in [1.165, 1.54) is 0 Å². The lowest BCUT2D eigenvalue weighted by molar-refractivity contribution is -0.191. The molecule has 0 N–H and O–H groups in total. The van der Waals surface area contributed by atoms with Crippen LogP contribution in [0.15, 0.2) is 0 Å². The lowest BCUT2D eigenvalue weighted by atomic mass is 9.72. The highest BCUT2D eigenvalue weighted by Crippen LogP contribution is 2.37. The number of hydrogen-bond donors (Lipinski definition) is 0. The molecule has 0 aliphatic heterocycles. The number of carbonyl (C=O) groups excluding carboxylic acids is 2. The van der Waals surface area contributed by atoms with Gasteiger partial charge >= 0.3 is 11.9 Å². The van der Waals surface area contributed by atoms with Crippen molar-refractivity contribution in [1.82, 2.24) is 0 Å². The molecule has 0 fully saturated rings. The Morgan fingerprint density at radius 1 is 0.783 bits per heavy atom. The standard InChI is InChI=1S/C19H36O4/c1-16(2,3)12-13(17(4,5)6)14(20)22-19(10,11)15(21)23-18(7,8)9/h13H,12H2,1-11H3. The van der Waals surface area contributed by atoms with Crippen LogP contribution in [0.3, 0.4) is 0 Å². The van der Waals surface area contributed by atoms with Gasteiger partial charge in [0.15, 0.2) is 0 Å². The van der Waals surface area contributed by atoms with Gasteiger partial charge in [-0.15, -0.1) is 0 Å². The molecule has 0 saturated heterocycles. The van der Waals surface area contributed by atoms with Crippen molar-refractivity contribution in [3.63, 3.8) is 0 Å². The Morgan fingerprint density at radius 3 is 1.52 bits per heavy atom. The van der Waals surface area contributed by atoms with Crippen LogP contribution in [0.2, 0.25) is 0 Å². The fraction of sp³-hybridized carbons (Fsp3) is 0.895. The number of carbonyl (C=O) groups is 2. The van der Waals surface area contributed by atoms with Crippen LogP contribution in [0, 0.1) is 16.7 Å². The van der Waals surface area contributed by atoms with Crippen molar-refractivity contribution in [2.45, 2.75) is 93.8 Å². The number of hydrogen-bond acceptors (Lipinski definition) is 4. The average molecular weight is 328 g/mol. The molecule has 0 aromatic heterocycles. The summed E-state index contributed by atoms with van der Waals surface area (Å²) < 4.78 is 10.9. The third-order valence-electron chi connectivity index (χ3n) is 3.39. The van der Waals surface area contributed by atoms with Crippen molar-refractivity contribution in [2.24, 2.45) is 16.7 Å². The van der Waals surface area contributed by atoms with Gasteiger partial charge in [0, 0.05) is 0 Å². The molecule has 0 saturated carbocycles. The minimum atomic E-state index is -1.30. The van der Waals surface area contributed by atoms with Crippen molar-refractivity contribution in [3.05, 3.63) is 0 Å². The van der Waals surface area contributed by atoms with Crippen LogP contribution < -0.4 is 0 Å². The molecule has 4 heteroatoms. The summed E-state index contributed by atoms with van der Waals surface area (Å²) in [4.78, 5) is 25.0. The van der Waals surface area contributed by atoms with Gasteiger partial charge in [0.1, 0.15) is 5.60 Å². The van der Waals surface area contributed by atoms with Crippen molar-refractivity contribution in [3.8, 4) is 0 Å². The van der Waals surface area contributed by atoms with Crippen LogP contribution in [-0.4, -0.2) is 23.1 Å². The zero-order valence-corrected chi connectivity index (χ0v) is 16.9. The molecule has 0 aliphatic rings. The highest BCUT2D eigenvalue weighted by molar-refractivity contribution is 5.83. The highest BCUT2D eigenvalue weighted by Gasteiger charge is 2.42. The molecule has 1 atom stereocenters. The molecule has 1 unspecified atom stereocenters. The lowest BCUT2D eigenvalue weighted by Crippen LogP contribution is -2.45. The first-order valence-electron chi connectivity index (χ1n) is 8.31. The van der Waals surface area contributed by atoms with E-state index >= 15 is 0 Å². The monoisotopic (exact) mass is 328 g/mol. The van der Waals surface area contributed by atoms with Gasteiger partial charge in [0.2, 0.25) is 5.60 Å². The first-order chi connectivity index (χ1) is 9.85. The zero-order chi connectivity index (χ0) is 18.9. The van der Waals surface area contributed by atoms with E-state index in [0.29, 0.717) is 6.42 Å². The molecule has 0 amide bonds. The summed E-state index contributed by atoms with van der Waals surface area (Å²) >= 11 is 0. The molecule has 0 aromatic carbocycles. The van der Waals surface area contributed by atoms with Crippen LogP contribution in [0.5, 0.6) is 0 Å². The van der Waals surface area contributed by atoms with E-state index in [-0.39, 0.29) is 22.7 Å². The van der Waals surface area contributed by atoms with Gasteiger partial charge < -0.3 is 9.47 Å². The molecule has 0 heterocycles. The lowest BCUT2D eigenvalue weighted by Gasteiger charge is -2.36. The zero-order valence-electron chi connectivity index (χ0n) is 16.9. The van der Waals surface area contributed by atoms with Gasteiger partial charge in [-0.05, 0) is 51.9 Å². The minimum Gasteiger partial charge on any atom is -0.457 e. The fourth-order valence-electron chi connectivity index (χ4n) is 2.12. The van der Waals surface area contributed by atoms with E-state index in [4.69, 9.17) is 9.47 Å². The maximum Gasteiger partial charge on any atom is 0.350 e. The molecule has 0 bridgehead atoms. The normalized spacial score (nSPS) is 15.1. The number of rotatable bonds is 4. The third-order valence-corrected chi connectivity index (χ3v) is 3.39. The molecular weight excluding hydrogens is 292 g/mol. The van der Waals surface area contributed by atoms with E-state index in [0.717, 1.165) is 0 Å². The second-order valence-electron chi connectivity index (χ2n) is 10.1. The second-order valence-corrected chi connectivity index (χ2v) is 10.1. The largest absolute Gasteiger partial charge is 0.457 e. The summed E-state index contributed by atoms with van der Waals surface area (Å²) in [5.41, 5.74) is -2.16. The molecule has 0 spiro atoms. The molecule has 0 aliphatic carbocycles. The maximum atomic E-state index is 12.7. The summed E-state index contributed by atoms with van der Waals surface area (Å²) in [6.07, 6.45) is 0.694. The molecule has 0 aromatic rings. The van der Waals surface area contributed by atoms with Crippen LogP contribution in [0.25, 0.3) is 0 Å². The summed E-state index contributed by atoms with van der Waals surface area (Å²) in [5.74, 6) is -1.16. The van der Waals surface area contributed by atoms with E-state index in [1.54, 1.807) is 34.6 Å². The van der Waals surface area contributed by atoms with Crippen LogP contribution in [0.4, 0.5) is 0 Å². The Bertz CT molecular complexity index is 428. The molecule has 4 nitrogen and oxygen atoms in total. The third kappa shape index (κ3) is 8.38. The van der Waals surface area contributed by atoms with Crippen LogP contribution in [0.1, 0.15) is 82.6 Å². The van der Waals surface area contributed by atoms with Crippen LogP contribution >= 0.6 is 0 Å². The quantitative estimate of drug-likeness (QED) is 0.699. The Kier molecular flexibility index (Phi) is 6.51. The van der Waals surface area contributed by atoms with Gasteiger partial charge in [0.25, 0.3) is 0 Å². The highest BCUT2D eigenvalue weighted by atomic mass is 16.6. The Balaban J connectivity index is 5.21. The minimum absolute atomic E-state index is 0.00692. The number of ether oxygens (including phenoxy) is 2. The van der Waals surface area contributed by atoms with Crippen molar-refractivity contribution in [1.29, 1.82) is 0 Å². The van der Waals surface area contributed by atoms with Gasteiger partial charge in [0.05, 0.1) is 5.92 Å². The molecule has 0 rings (SSSR count). The molecule has 23 heavy (non-hydrogen) atoms. The molecule has 0 radical (unpaired) electrons. The first-order valence-corrected chi connectivity index (χ1v) is 8.31. The van der Waals surface area contributed by atoms with Gasteiger partial charge in [-0.3, -0.25) is 4.79 Å². The smallest absolute Gasteiger partial charge is 0.350 e. The summed E-state index contributed by atoms with van der Waals surface area (Å²) in [7, 11) is 0. The summed E-state index contributed by atoms with van der Waals surface area (Å²) in [6, 6.07) is 0. The van der Waals surface area contributed by atoms with E-state index in [9.17, 15) is 9.59 Å². The Labute approximate surface area is 142 Å². The Morgan fingerprint density at radius 2 is 1.22 bits per heavy atom. The Hall–Kier alpha value is -1.06. The van der Waals surface area contributed by atoms with E-state index < -0.39 is 17.2 Å². The molecular formula is C19H36O4. The van der Waals surface area contributed by atoms with E-state index in [2.05, 4.69) is 20.8 Å². The van der Waals surface area contributed by atoms with Crippen molar-refractivity contribution >= 4 is 11.9 Å². The SMILES string of the molecule is CC(C)(C)CC(C(=O)OC(C)(C)C(=O)OC(C)(C)C)C(C)(C)C. The van der Waals surface area contributed by atoms with Crippen molar-refractivity contribution in [2.75, 3.05) is 0 Å². The van der Waals surface area contributed by atoms with Crippen LogP contribution in [-0.2, 0) is 19.1 Å². The van der Waals surface area contributed by atoms with Gasteiger partial charge in [-0.2, -0.15) is 0 Å².